The number of hydrogen-bond acceptors (Lipinski definition) is 5. The molecule has 2 aromatic rings. The fourth-order valence-electron chi connectivity index (χ4n) is 2.31. The summed E-state index contributed by atoms with van der Waals surface area (Å²) in [5.41, 5.74) is 0.217. The Bertz CT molecular complexity index is 1020. The number of aryl methyl sites for hydroxylation is 1. The van der Waals surface area contributed by atoms with Crippen LogP contribution < -0.4 is 10.0 Å². The first-order valence-corrected chi connectivity index (χ1v) is 9.39. The van der Waals surface area contributed by atoms with E-state index in [1.807, 2.05) is 0 Å². The SMILES string of the molecule is CC[C@H](NS(=O)(=O)c1cc(C(=O)Nc2ccnc(C#N)c2)n(C)c1)C(F)(F)F. The number of amides is 1. The van der Waals surface area contributed by atoms with Crippen LogP contribution in [0.2, 0.25) is 0 Å². The summed E-state index contributed by atoms with van der Waals surface area (Å²) in [6.07, 6.45) is -2.88. The van der Waals surface area contributed by atoms with Crippen molar-refractivity contribution < 1.29 is 26.4 Å². The first kappa shape index (κ1) is 21.4. The van der Waals surface area contributed by atoms with Gasteiger partial charge in [-0.3, -0.25) is 4.79 Å². The van der Waals surface area contributed by atoms with Crippen molar-refractivity contribution in [3.63, 3.8) is 0 Å². The van der Waals surface area contributed by atoms with Crippen LogP contribution in [0.3, 0.4) is 0 Å². The van der Waals surface area contributed by atoms with Gasteiger partial charge in [0.1, 0.15) is 28.4 Å². The van der Waals surface area contributed by atoms with Crippen LogP contribution in [-0.4, -0.2) is 36.1 Å². The van der Waals surface area contributed by atoms with E-state index < -0.39 is 39.5 Å². The molecule has 28 heavy (non-hydrogen) atoms. The smallest absolute Gasteiger partial charge is 0.345 e. The van der Waals surface area contributed by atoms with Crippen LogP contribution in [0.15, 0.2) is 35.5 Å². The monoisotopic (exact) mass is 415 g/mol. The number of halogens is 3. The number of carbonyl (C=O) groups excluding carboxylic acids is 1. The number of nitriles is 1. The fourth-order valence-corrected chi connectivity index (χ4v) is 3.68. The highest BCUT2D eigenvalue weighted by atomic mass is 32.2. The van der Waals surface area contributed by atoms with Crippen LogP contribution in [0.4, 0.5) is 18.9 Å². The van der Waals surface area contributed by atoms with Gasteiger partial charge in [-0.15, -0.1) is 0 Å². The van der Waals surface area contributed by atoms with Gasteiger partial charge in [-0.05, 0) is 24.6 Å². The molecule has 0 aromatic carbocycles. The average molecular weight is 415 g/mol. The largest absolute Gasteiger partial charge is 0.404 e. The van der Waals surface area contributed by atoms with E-state index in [0.717, 1.165) is 12.3 Å². The fraction of sp³-hybridized carbons (Fsp3) is 0.312. The molecule has 1 atom stereocenters. The minimum Gasteiger partial charge on any atom is -0.345 e. The van der Waals surface area contributed by atoms with Crippen molar-refractivity contribution in [3.8, 4) is 6.07 Å². The summed E-state index contributed by atoms with van der Waals surface area (Å²) in [4.78, 5) is 15.7. The molecule has 0 aliphatic heterocycles. The second kappa shape index (κ2) is 7.99. The molecular formula is C16H16F3N5O3S. The molecule has 0 aliphatic carbocycles. The molecule has 2 heterocycles. The molecule has 2 rings (SSSR count). The highest BCUT2D eigenvalue weighted by molar-refractivity contribution is 7.89. The van der Waals surface area contributed by atoms with Gasteiger partial charge in [0.25, 0.3) is 5.91 Å². The van der Waals surface area contributed by atoms with Crippen molar-refractivity contribution in [2.75, 3.05) is 5.32 Å². The Morgan fingerprint density at radius 2 is 2.07 bits per heavy atom. The van der Waals surface area contributed by atoms with E-state index in [1.54, 1.807) is 10.8 Å². The Labute approximate surface area is 159 Å². The van der Waals surface area contributed by atoms with Crippen LogP contribution >= 0.6 is 0 Å². The molecule has 2 N–H and O–H groups in total. The Hall–Kier alpha value is -2.91. The first-order valence-electron chi connectivity index (χ1n) is 7.91. The average Bonchev–Trinajstić information content (AvgIpc) is 3.01. The molecule has 0 saturated carbocycles. The van der Waals surface area contributed by atoms with Crippen LogP contribution in [0.1, 0.15) is 29.5 Å². The number of hydrogen-bond donors (Lipinski definition) is 2. The second-order valence-corrected chi connectivity index (χ2v) is 7.51. The lowest BCUT2D eigenvalue weighted by Gasteiger charge is -2.19. The molecule has 0 unspecified atom stereocenters. The molecule has 12 heteroatoms. The summed E-state index contributed by atoms with van der Waals surface area (Å²) < 4.78 is 65.9. The maximum absolute atomic E-state index is 12.9. The molecule has 0 radical (unpaired) electrons. The van der Waals surface area contributed by atoms with Gasteiger partial charge in [0.15, 0.2) is 0 Å². The third-order valence-electron chi connectivity index (χ3n) is 3.76. The number of pyridine rings is 1. The number of alkyl halides is 3. The lowest BCUT2D eigenvalue weighted by molar-refractivity contribution is -0.151. The third kappa shape index (κ3) is 4.87. The topological polar surface area (TPSA) is 117 Å². The van der Waals surface area contributed by atoms with Gasteiger partial charge in [-0.1, -0.05) is 6.92 Å². The Morgan fingerprint density at radius 3 is 2.64 bits per heavy atom. The Kier molecular flexibility index (Phi) is 6.10. The van der Waals surface area contributed by atoms with Gasteiger partial charge >= 0.3 is 6.18 Å². The van der Waals surface area contributed by atoms with Gasteiger partial charge in [-0.2, -0.15) is 23.2 Å². The van der Waals surface area contributed by atoms with Gasteiger partial charge in [0, 0.05) is 25.1 Å². The standard InChI is InChI=1S/C16H16F3N5O3S/c1-3-14(16(17,18)19)23-28(26,27)12-7-13(24(2)9-12)15(25)22-10-4-5-21-11(6-10)8-20/h4-7,9,14,23H,3H2,1-2H3,(H,21,22,25)/t14-/m0/s1. The van der Waals surface area contributed by atoms with Crippen LogP contribution in [0, 0.1) is 11.3 Å². The second-order valence-electron chi connectivity index (χ2n) is 5.79. The molecule has 0 spiro atoms. The van der Waals surface area contributed by atoms with Gasteiger partial charge < -0.3 is 9.88 Å². The number of nitrogens with one attached hydrogen (secondary N) is 2. The number of anilines is 1. The molecule has 0 bridgehead atoms. The Morgan fingerprint density at radius 1 is 1.39 bits per heavy atom. The molecule has 1 amide bonds. The zero-order valence-electron chi connectivity index (χ0n) is 14.8. The quantitative estimate of drug-likeness (QED) is 0.750. The van der Waals surface area contributed by atoms with Crippen LogP contribution in [-0.2, 0) is 17.1 Å². The van der Waals surface area contributed by atoms with E-state index in [2.05, 4.69) is 10.3 Å². The number of aromatic nitrogens is 2. The molecular weight excluding hydrogens is 399 g/mol. The van der Waals surface area contributed by atoms with Crippen molar-refractivity contribution in [2.24, 2.45) is 7.05 Å². The summed E-state index contributed by atoms with van der Waals surface area (Å²) in [5.74, 6) is -0.707. The van der Waals surface area contributed by atoms with Crippen molar-refractivity contribution in [2.45, 2.75) is 30.5 Å². The number of rotatable bonds is 6. The molecule has 2 aromatic heterocycles. The summed E-state index contributed by atoms with van der Waals surface area (Å²) in [6, 6.07) is 3.27. The maximum Gasteiger partial charge on any atom is 0.404 e. The minimum absolute atomic E-state index is 0.0647. The molecule has 150 valence electrons. The van der Waals surface area contributed by atoms with E-state index in [1.165, 1.54) is 36.9 Å². The number of sulfonamides is 1. The van der Waals surface area contributed by atoms with Gasteiger partial charge in [0.2, 0.25) is 10.0 Å². The number of nitrogens with zero attached hydrogens (tertiary/aromatic N) is 3. The summed E-state index contributed by atoms with van der Waals surface area (Å²) in [7, 11) is -3.12. The van der Waals surface area contributed by atoms with E-state index >= 15 is 0 Å². The Balaban J connectivity index is 2.26. The van der Waals surface area contributed by atoms with Crippen LogP contribution in [0.25, 0.3) is 0 Å². The van der Waals surface area contributed by atoms with Crippen molar-refractivity contribution in [1.29, 1.82) is 5.26 Å². The van der Waals surface area contributed by atoms with Crippen molar-refractivity contribution in [1.82, 2.24) is 14.3 Å². The lowest BCUT2D eigenvalue weighted by atomic mass is 10.2. The molecule has 0 aliphatic rings. The zero-order chi connectivity index (χ0) is 21.1. The van der Waals surface area contributed by atoms with Gasteiger partial charge in [-0.25, -0.2) is 13.4 Å². The predicted octanol–water partition coefficient (Wildman–Crippen LogP) is 2.16. The first-order chi connectivity index (χ1) is 13.0. The molecule has 0 saturated heterocycles. The van der Waals surface area contributed by atoms with Crippen LogP contribution in [0.5, 0.6) is 0 Å². The summed E-state index contributed by atoms with van der Waals surface area (Å²) in [6.45, 7) is 1.20. The summed E-state index contributed by atoms with van der Waals surface area (Å²) >= 11 is 0. The highest BCUT2D eigenvalue weighted by Gasteiger charge is 2.41. The third-order valence-corrected chi connectivity index (χ3v) is 5.19. The normalized spacial score (nSPS) is 13.0. The van der Waals surface area contributed by atoms with Gasteiger partial charge in [0.05, 0.1) is 0 Å². The van der Waals surface area contributed by atoms with E-state index in [4.69, 9.17) is 5.26 Å². The minimum atomic E-state index is -4.74. The summed E-state index contributed by atoms with van der Waals surface area (Å²) in [5, 5.41) is 11.3. The van der Waals surface area contributed by atoms with Crippen molar-refractivity contribution in [3.05, 3.63) is 42.0 Å². The van der Waals surface area contributed by atoms with Crippen molar-refractivity contribution >= 4 is 21.6 Å². The number of carbonyl (C=O) groups is 1. The highest BCUT2D eigenvalue weighted by Crippen LogP contribution is 2.25. The zero-order valence-corrected chi connectivity index (χ0v) is 15.6. The maximum atomic E-state index is 12.9. The van der Waals surface area contributed by atoms with E-state index in [9.17, 15) is 26.4 Å². The lowest BCUT2D eigenvalue weighted by Crippen LogP contribution is -2.44. The molecule has 0 fully saturated rings. The van der Waals surface area contributed by atoms with E-state index in [-0.39, 0.29) is 17.1 Å². The predicted molar refractivity (Wildman–Crippen MR) is 92.8 cm³/mol. The molecule has 8 nitrogen and oxygen atoms in total. The van der Waals surface area contributed by atoms with E-state index in [0.29, 0.717) is 0 Å².